The Morgan fingerprint density at radius 3 is 2.80 bits per heavy atom. The lowest BCUT2D eigenvalue weighted by Gasteiger charge is -2.30. The zero-order valence-electron chi connectivity index (χ0n) is 12.1. The van der Waals surface area contributed by atoms with Crippen LogP contribution in [0.2, 0.25) is 0 Å². The number of phenols is 1. The van der Waals surface area contributed by atoms with Crippen molar-refractivity contribution in [3.8, 4) is 5.75 Å². The van der Waals surface area contributed by atoms with E-state index in [4.69, 9.17) is 0 Å². The molecule has 2 rings (SSSR count). The van der Waals surface area contributed by atoms with Gasteiger partial charge < -0.3 is 15.3 Å². The molecule has 0 atom stereocenters. The number of piperidine rings is 1. The van der Waals surface area contributed by atoms with Gasteiger partial charge in [-0.1, -0.05) is 13.0 Å². The topological polar surface area (TPSA) is 52.6 Å². The van der Waals surface area contributed by atoms with Gasteiger partial charge in [0.15, 0.2) is 0 Å². The van der Waals surface area contributed by atoms with Crippen molar-refractivity contribution in [3.63, 3.8) is 0 Å². The maximum Gasteiger partial charge on any atom is 0.253 e. The second-order valence-corrected chi connectivity index (χ2v) is 5.49. The molecule has 1 fully saturated rings. The summed E-state index contributed by atoms with van der Waals surface area (Å²) in [6, 6.07) is 6.63. The van der Waals surface area contributed by atoms with Crippen LogP contribution in [-0.4, -0.2) is 42.1 Å². The average Bonchev–Trinajstić information content (AvgIpc) is 2.47. The molecule has 0 aliphatic carbocycles. The summed E-state index contributed by atoms with van der Waals surface area (Å²) in [5, 5.41) is 12.9. The average molecular weight is 276 g/mol. The van der Waals surface area contributed by atoms with E-state index in [0.29, 0.717) is 11.5 Å². The zero-order valence-corrected chi connectivity index (χ0v) is 12.1. The molecule has 0 saturated carbocycles. The Hall–Kier alpha value is -1.55. The molecule has 4 heteroatoms. The van der Waals surface area contributed by atoms with Crippen molar-refractivity contribution >= 4 is 5.91 Å². The van der Waals surface area contributed by atoms with Crippen molar-refractivity contribution in [2.75, 3.05) is 26.2 Å². The van der Waals surface area contributed by atoms with Gasteiger partial charge in [0.05, 0.1) is 0 Å². The van der Waals surface area contributed by atoms with Crippen LogP contribution in [0.5, 0.6) is 5.75 Å². The molecule has 0 bridgehead atoms. The molecule has 0 unspecified atom stereocenters. The maximum atomic E-state index is 12.6. The maximum absolute atomic E-state index is 12.6. The third-order valence-electron chi connectivity index (χ3n) is 3.81. The van der Waals surface area contributed by atoms with E-state index in [2.05, 4.69) is 12.2 Å². The van der Waals surface area contributed by atoms with Crippen LogP contribution in [0.25, 0.3) is 0 Å². The minimum Gasteiger partial charge on any atom is -0.508 e. The number of nitrogens with one attached hydrogen (secondary N) is 1. The number of hydrogen-bond donors (Lipinski definition) is 2. The molecule has 0 radical (unpaired) electrons. The SMILES string of the molecule is CCCN(CC1CCNCC1)C(=O)c1cccc(O)c1. The molecule has 0 spiro atoms. The second kappa shape index (κ2) is 7.29. The van der Waals surface area contributed by atoms with E-state index in [0.717, 1.165) is 45.4 Å². The first-order valence-electron chi connectivity index (χ1n) is 7.49. The number of carbonyl (C=O) groups is 1. The molecule has 1 aliphatic heterocycles. The van der Waals surface area contributed by atoms with Gasteiger partial charge in [0.1, 0.15) is 5.75 Å². The van der Waals surface area contributed by atoms with Crippen LogP contribution in [0.1, 0.15) is 36.5 Å². The van der Waals surface area contributed by atoms with Gasteiger partial charge in [-0.3, -0.25) is 4.79 Å². The molecule has 0 aromatic heterocycles. The number of carbonyl (C=O) groups excluding carboxylic acids is 1. The lowest BCUT2D eigenvalue weighted by atomic mass is 9.97. The summed E-state index contributed by atoms with van der Waals surface area (Å²) >= 11 is 0. The largest absolute Gasteiger partial charge is 0.508 e. The molecule has 1 saturated heterocycles. The summed E-state index contributed by atoms with van der Waals surface area (Å²) in [6.45, 7) is 5.78. The Morgan fingerprint density at radius 2 is 2.15 bits per heavy atom. The highest BCUT2D eigenvalue weighted by molar-refractivity contribution is 5.94. The van der Waals surface area contributed by atoms with Crippen LogP contribution in [-0.2, 0) is 0 Å². The monoisotopic (exact) mass is 276 g/mol. The van der Waals surface area contributed by atoms with Crippen molar-refractivity contribution in [2.45, 2.75) is 26.2 Å². The van der Waals surface area contributed by atoms with E-state index in [-0.39, 0.29) is 11.7 Å². The van der Waals surface area contributed by atoms with Crippen LogP contribution in [0.4, 0.5) is 0 Å². The van der Waals surface area contributed by atoms with E-state index < -0.39 is 0 Å². The van der Waals surface area contributed by atoms with Crippen molar-refractivity contribution in [1.29, 1.82) is 0 Å². The van der Waals surface area contributed by atoms with E-state index in [1.807, 2.05) is 4.90 Å². The van der Waals surface area contributed by atoms with E-state index in [9.17, 15) is 9.90 Å². The lowest BCUT2D eigenvalue weighted by molar-refractivity contribution is 0.0716. The molecule has 1 aromatic carbocycles. The summed E-state index contributed by atoms with van der Waals surface area (Å²) < 4.78 is 0. The van der Waals surface area contributed by atoms with Crippen molar-refractivity contribution in [3.05, 3.63) is 29.8 Å². The molecule has 1 aliphatic rings. The van der Waals surface area contributed by atoms with Crippen LogP contribution >= 0.6 is 0 Å². The molecule has 1 aromatic rings. The van der Waals surface area contributed by atoms with Gasteiger partial charge in [-0.2, -0.15) is 0 Å². The van der Waals surface area contributed by atoms with E-state index >= 15 is 0 Å². The van der Waals surface area contributed by atoms with Crippen LogP contribution < -0.4 is 5.32 Å². The minimum absolute atomic E-state index is 0.0290. The highest BCUT2D eigenvalue weighted by Crippen LogP contribution is 2.17. The normalized spacial score (nSPS) is 16.1. The molecule has 20 heavy (non-hydrogen) atoms. The van der Waals surface area contributed by atoms with Gasteiger partial charge >= 0.3 is 0 Å². The van der Waals surface area contributed by atoms with Crippen molar-refractivity contribution in [1.82, 2.24) is 10.2 Å². The van der Waals surface area contributed by atoms with E-state index in [1.165, 1.54) is 0 Å². The molecular formula is C16H24N2O2. The number of hydrogen-bond acceptors (Lipinski definition) is 3. The first-order valence-corrected chi connectivity index (χ1v) is 7.49. The molecule has 1 heterocycles. The number of phenolic OH excluding ortho intramolecular Hbond substituents is 1. The fourth-order valence-corrected chi connectivity index (χ4v) is 2.74. The number of amides is 1. The highest BCUT2D eigenvalue weighted by atomic mass is 16.3. The Bertz CT molecular complexity index is 442. The number of rotatable bonds is 5. The minimum atomic E-state index is 0.0290. The fraction of sp³-hybridized carbons (Fsp3) is 0.562. The predicted molar refractivity (Wildman–Crippen MR) is 79.9 cm³/mol. The summed E-state index contributed by atoms with van der Waals surface area (Å²) in [4.78, 5) is 14.5. The van der Waals surface area contributed by atoms with Crippen LogP contribution in [0.3, 0.4) is 0 Å². The van der Waals surface area contributed by atoms with Crippen LogP contribution in [0.15, 0.2) is 24.3 Å². The second-order valence-electron chi connectivity index (χ2n) is 5.49. The Labute approximate surface area is 120 Å². The zero-order chi connectivity index (χ0) is 14.4. The van der Waals surface area contributed by atoms with Gasteiger partial charge in [0.25, 0.3) is 5.91 Å². The fourth-order valence-electron chi connectivity index (χ4n) is 2.74. The smallest absolute Gasteiger partial charge is 0.253 e. The van der Waals surface area contributed by atoms with Gasteiger partial charge in [-0.25, -0.2) is 0 Å². The molecule has 4 nitrogen and oxygen atoms in total. The predicted octanol–water partition coefficient (Wildman–Crippen LogP) is 2.24. The quantitative estimate of drug-likeness (QED) is 0.867. The number of nitrogens with zero attached hydrogens (tertiary/aromatic N) is 1. The highest BCUT2D eigenvalue weighted by Gasteiger charge is 2.21. The third-order valence-corrected chi connectivity index (χ3v) is 3.81. The van der Waals surface area contributed by atoms with Gasteiger partial charge in [-0.15, -0.1) is 0 Å². The number of aromatic hydroxyl groups is 1. The lowest BCUT2D eigenvalue weighted by Crippen LogP contribution is -2.39. The van der Waals surface area contributed by atoms with Gasteiger partial charge in [-0.05, 0) is 56.5 Å². The third kappa shape index (κ3) is 3.97. The molecule has 1 amide bonds. The molecule has 110 valence electrons. The summed E-state index contributed by atoms with van der Waals surface area (Å²) in [5.41, 5.74) is 0.576. The summed E-state index contributed by atoms with van der Waals surface area (Å²) in [7, 11) is 0. The Morgan fingerprint density at radius 1 is 1.40 bits per heavy atom. The Balaban J connectivity index is 2.04. The Kier molecular flexibility index (Phi) is 5.41. The molecular weight excluding hydrogens is 252 g/mol. The first-order chi connectivity index (χ1) is 9.70. The van der Waals surface area contributed by atoms with E-state index in [1.54, 1.807) is 24.3 Å². The van der Waals surface area contributed by atoms with Crippen molar-refractivity contribution < 1.29 is 9.90 Å². The summed E-state index contributed by atoms with van der Waals surface area (Å²) in [5.74, 6) is 0.763. The first kappa shape index (κ1) is 14.9. The molecule has 2 N–H and O–H groups in total. The van der Waals surface area contributed by atoms with Crippen molar-refractivity contribution in [2.24, 2.45) is 5.92 Å². The standard InChI is InChI=1S/C16H24N2O2/c1-2-10-18(12-13-6-8-17-9-7-13)16(20)14-4-3-5-15(19)11-14/h3-5,11,13,17,19H,2,6-10,12H2,1H3. The van der Waals surface area contributed by atoms with Crippen LogP contribution in [0, 0.1) is 5.92 Å². The summed E-state index contributed by atoms with van der Waals surface area (Å²) in [6.07, 6.45) is 3.22. The van der Waals surface area contributed by atoms with Gasteiger partial charge in [0, 0.05) is 18.7 Å². The number of benzene rings is 1. The van der Waals surface area contributed by atoms with Gasteiger partial charge in [0.2, 0.25) is 0 Å².